The van der Waals surface area contributed by atoms with Gasteiger partial charge in [-0.2, -0.15) is 4.68 Å². The van der Waals surface area contributed by atoms with Crippen molar-refractivity contribution in [1.29, 1.82) is 0 Å². The Kier molecular flexibility index (Phi) is 6.29. The predicted octanol–water partition coefficient (Wildman–Crippen LogP) is 4.40. The zero-order valence-corrected chi connectivity index (χ0v) is 18.9. The molecule has 0 aliphatic carbocycles. The minimum atomic E-state index is -1.33. The number of benzene rings is 2. The summed E-state index contributed by atoms with van der Waals surface area (Å²) in [6.07, 6.45) is -1.33. The first-order chi connectivity index (χ1) is 15.9. The van der Waals surface area contributed by atoms with Gasteiger partial charge in [0.1, 0.15) is 4.83 Å². The summed E-state index contributed by atoms with van der Waals surface area (Å²) in [5.41, 5.74) is 4.73. The summed E-state index contributed by atoms with van der Waals surface area (Å²) in [5, 5.41) is 18.0. The number of amides is 2. The van der Waals surface area contributed by atoms with E-state index < -0.39 is 17.9 Å². The van der Waals surface area contributed by atoms with E-state index in [0.29, 0.717) is 16.8 Å². The van der Waals surface area contributed by atoms with Gasteiger partial charge in [-0.1, -0.05) is 30.3 Å². The largest absolute Gasteiger partial charge is 0.463 e. The number of hydrazine groups is 1. The molecule has 2 aromatic heterocycles. The number of fused-ring (bicyclic) bond motifs is 1. The number of nitrogens with one attached hydrogen (secondary N) is 2. The zero-order valence-electron chi connectivity index (χ0n) is 17.3. The van der Waals surface area contributed by atoms with Gasteiger partial charge in [0.15, 0.2) is 5.82 Å². The molecule has 4 rings (SSSR count). The second-order valence-corrected chi connectivity index (χ2v) is 8.29. The molecule has 168 valence electrons. The Hall–Kier alpha value is -3.89. The number of para-hydroxylation sites is 1. The minimum Gasteiger partial charge on any atom is -0.463 e. The molecule has 9 nitrogen and oxygen atoms in total. The molecular formula is C22H18ClN5O4S. The number of halogens is 1. The molecule has 0 saturated heterocycles. The Balaban J connectivity index is 1.60. The van der Waals surface area contributed by atoms with Gasteiger partial charge in [-0.25, -0.2) is 4.79 Å². The molecule has 0 atom stereocenters. The fraction of sp³-hybridized carbons (Fsp3) is 0.0909. The highest BCUT2D eigenvalue weighted by atomic mass is 35.5. The van der Waals surface area contributed by atoms with Crippen molar-refractivity contribution in [2.45, 2.75) is 5.88 Å². The van der Waals surface area contributed by atoms with Crippen molar-refractivity contribution < 1.29 is 19.5 Å². The lowest BCUT2D eigenvalue weighted by molar-refractivity contribution is 0.0954. The van der Waals surface area contributed by atoms with Gasteiger partial charge in [0.05, 0.1) is 16.0 Å². The number of carbonyl (C=O) groups excluding carboxylic acids is 2. The Morgan fingerprint density at radius 2 is 1.79 bits per heavy atom. The van der Waals surface area contributed by atoms with Crippen molar-refractivity contribution in [2.75, 3.05) is 17.4 Å². The normalized spacial score (nSPS) is 10.7. The van der Waals surface area contributed by atoms with Crippen LogP contribution in [0.1, 0.15) is 25.6 Å². The third-order valence-electron chi connectivity index (χ3n) is 4.78. The molecule has 0 fully saturated rings. The van der Waals surface area contributed by atoms with Crippen LogP contribution in [0.2, 0.25) is 0 Å². The summed E-state index contributed by atoms with van der Waals surface area (Å²) in [6, 6.07) is 17.4. The van der Waals surface area contributed by atoms with E-state index in [1.165, 1.54) is 6.07 Å². The highest BCUT2D eigenvalue weighted by Gasteiger charge is 2.23. The van der Waals surface area contributed by atoms with Gasteiger partial charge in [0, 0.05) is 18.5 Å². The van der Waals surface area contributed by atoms with E-state index in [9.17, 15) is 19.5 Å². The van der Waals surface area contributed by atoms with Crippen molar-refractivity contribution >= 4 is 62.6 Å². The number of aromatic nitrogens is 2. The quantitative estimate of drug-likeness (QED) is 0.276. The lowest BCUT2D eigenvalue weighted by Gasteiger charge is -2.19. The van der Waals surface area contributed by atoms with Crippen LogP contribution in [-0.2, 0) is 5.88 Å². The molecule has 2 amide bonds. The molecule has 2 heterocycles. The highest BCUT2D eigenvalue weighted by molar-refractivity contribution is 7.20. The summed E-state index contributed by atoms with van der Waals surface area (Å²) in [4.78, 5) is 37.6. The number of hydrogen-bond donors (Lipinski definition) is 3. The number of rotatable bonds is 6. The average Bonchev–Trinajstić information content (AvgIpc) is 3.40. The monoisotopic (exact) mass is 483 g/mol. The standard InChI is InChI=1S/C22H18ClN5O4S/c1-27(15-5-3-2-4-6-15)26-20(30)17-11-16-18(25-28(22(31)32)21(16)33-17)24-19(29)14-9-7-13(12-23)8-10-14/h2-11H,12H2,1H3,(H,26,30)(H,31,32)(H,24,25,29). The molecular weight excluding hydrogens is 466 g/mol. The molecule has 0 saturated carbocycles. The number of carbonyl (C=O) groups is 3. The fourth-order valence-corrected chi connectivity index (χ4v) is 4.26. The number of carboxylic acid groups (broad SMARTS) is 1. The molecule has 0 unspecified atom stereocenters. The minimum absolute atomic E-state index is 0.0468. The predicted molar refractivity (Wildman–Crippen MR) is 127 cm³/mol. The average molecular weight is 484 g/mol. The van der Waals surface area contributed by atoms with Gasteiger partial charge in [-0.3, -0.25) is 20.0 Å². The summed E-state index contributed by atoms with van der Waals surface area (Å²) in [5.74, 6) is -0.516. The van der Waals surface area contributed by atoms with Gasteiger partial charge in [0.25, 0.3) is 11.8 Å². The van der Waals surface area contributed by atoms with Crippen LogP contribution >= 0.6 is 22.9 Å². The van der Waals surface area contributed by atoms with Crippen LogP contribution in [0.5, 0.6) is 0 Å². The third-order valence-corrected chi connectivity index (χ3v) is 6.20. The molecule has 0 spiro atoms. The first-order valence-corrected chi connectivity index (χ1v) is 11.0. The summed E-state index contributed by atoms with van der Waals surface area (Å²) >= 11 is 6.74. The van der Waals surface area contributed by atoms with E-state index in [-0.39, 0.29) is 15.5 Å². The molecule has 11 heteroatoms. The molecule has 3 N–H and O–H groups in total. The number of nitrogens with zero attached hydrogens (tertiary/aromatic N) is 3. The van der Waals surface area contributed by atoms with Gasteiger partial charge in [-0.15, -0.1) is 28.0 Å². The number of thiophene rings is 1. The Labute approximate surface area is 197 Å². The second kappa shape index (κ2) is 9.31. The smallest absolute Gasteiger partial charge is 0.433 e. The lowest BCUT2D eigenvalue weighted by Crippen LogP contribution is -2.38. The molecule has 33 heavy (non-hydrogen) atoms. The van der Waals surface area contributed by atoms with Crippen LogP contribution in [0.15, 0.2) is 60.7 Å². The van der Waals surface area contributed by atoms with E-state index in [2.05, 4.69) is 15.8 Å². The maximum atomic E-state index is 12.8. The lowest BCUT2D eigenvalue weighted by atomic mass is 10.1. The summed E-state index contributed by atoms with van der Waals surface area (Å²) in [6.45, 7) is 0. The first kappa shape index (κ1) is 22.3. The Morgan fingerprint density at radius 3 is 2.42 bits per heavy atom. The van der Waals surface area contributed by atoms with E-state index >= 15 is 0 Å². The fourth-order valence-electron chi connectivity index (χ4n) is 3.09. The van der Waals surface area contributed by atoms with Crippen LogP contribution < -0.4 is 15.8 Å². The van der Waals surface area contributed by atoms with Gasteiger partial charge >= 0.3 is 6.09 Å². The molecule has 0 bridgehead atoms. The van der Waals surface area contributed by atoms with Gasteiger partial charge in [0.2, 0.25) is 0 Å². The van der Waals surface area contributed by atoms with Crippen molar-refractivity contribution in [3.63, 3.8) is 0 Å². The van der Waals surface area contributed by atoms with Crippen LogP contribution in [0.4, 0.5) is 16.3 Å². The van der Waals surface area contributed by atoms with E-state index in [4.69, 9.17) is 11.6 Å². The van der Waals surface area contributed by atoms with Crippen molar-refractivity contribution in [3.05, 3.63) is 76.7 Å². The maximum Gasteiger partial charge on any atom is 0.433 e. The molecule has 0 aliphatic rings. The SMILES string of the molecule is CN(NC(=O)c1cc2c(NC(=O)c3ccc(CCl)cc3)nn(C(=O)O)c2s1)c1ccccc1. The topological polar surface area (TPSA) is 117 Å². The number of alkyl halides is 1. The van der Waals surface area contributed by atoms with E-state index in [1.807, 2.05) is 30.3 Å². The van der Waals surface area contributed by atoms with Crippen LogP contribution in [0, 0.1) is 0 Å². The molecule has 0 aliphatic heterocycles. The third kappa shape index (κ3) is 4.66. The maximum absolute atomic E-state index is 12.8. The van der Waals surface area contributed by atoms with Gasteiger partial charge < -0.3 is 10.4 Å². The first-order valence-electron chi connectivity index (χ1n) is 9.69. The van der Waals surface area contributed by atoms with E-state index in [0.717, 1.165) is 27.3 Å². The van der Waals surface area contributed by atoms with Crippen molar-refractivity contribution in [1.82, 2.24) is 15.2 Å². The second-order valence-electron chi connectivity index (χ2n) is 6.99. The highest BCUT2D eigenvalue weighted by Crippen LogP contribution is 2.32. The van der Waals surface area contributed by atoms with Crippen molar-refractivity contribution in [3.8, 4) is 0 Å². The summed E-state index contributed by atoms with van der Waals surface area (Å²) < 4.78 is 0.740. The van der Waals surface area contributed by atoms with Crippen molar-refractivity contribution in [2.24, 2.45) is 0 Å². The molecule has 4 aromatic rings. The Bertz CT molecular complexity index is 1330. The molecule has 2 aromatic carbocycles. The summed E-state index contributed by atoms with van der Waals surface area (Å²) in [7, 11) is 1.70. The molecule has 0 radical (unpaired) electrons. The number of hydrogen-bond acceptors (Lipinski definition) is 6. The Morgan fingerprint density at radius 1 is 1.09 bits per heavy atom. The van der Waals surface area contributed by atoms with Crippen LogP contribution in [0.25, 0.3) is 10.2 Å². The van der Waals surface area contributed by atoms with Crippen LogP contribution in [0.3, 0.4) is 0 Å². The van der Waals surface area contributed by atoms with Gasteiger partial charge in [-0.05, 0) is 35.9 Å². The zero-order chi connectivity index (χ0) is 23.5. The number of anilines is 2. The van der Waals surface area contributed by atoms with Crippen LogP contribution in [-0.4, -0.2) is 39.8 Å². The van der Waals surface area contributed by atoms with E-state index in [1.54, 1.807) is 36.3 Å².